The van der Waals surface area contributed by atoms with Gasteiger partial charge in [0.15, 0.2) is 11.1 Å². The number of hydrogen-bond acceptors (Lipinski definition) is 8. The van der Waals surface area contributed by atoms with Crippen LogP contribution in [0.3, 0.4) is 0 Å². The fourth-order valence-electron chi connectivity index (χ4n) is 1.35. The van der Waals surface area contributed by atoms with E-state index in [4.69, 9.17) is 18.9 Å². The Bertz CT molecular complexity index is 424. The highest BCUT2D eigenvalue weighted by atomic mass is 16.6. The highest BCUT2D eigenvalue weighted by molar-refractivity contribution is 5.81. The number of ether oxygens (including phenoxy) is 4. The molecule has 0 N–H and O–H groups in total. The van der Waals surface area contributed by atoms with E-state index in [-0.39, 0.29) is 25.4 Å². The fourth-order valence-corrected chi connectivity index (χ4v) is 1.35. The minimum absolute atomic E-state index is 0.00671. The number of epoxide rings is 2. The van der Waals surface area contributed by atoms with Crippen molar-refractivity contribution < 1.29 is 28.5 Å². The smallest absolute Gasteiger partial charge is 0.335 e. The van der Waals surface area contributed by atoms with Gasteiger partial charge in [0.2, 0.25) is 0 Å². The number of carbonyl (C=O) groups excluding carboxylic acids is 2. The number of esters is 2. The number of hydrogen-bond donors (Lipinski definition) is 0. The van der Waals surface area contributed by atoms with Gasteiger partial charge >= 0.3 is 11.9 Å². The van der Waals surface area contributed by atoms with Gasteiger partial charge in [-0.25, -0.2) is 9.59 Å². The van der Waals surface area contributed by atoms with Crippen molar-refractivity contribution in [2.24, 2.45) is 10.2 Å². The van der Waals surface area contributed by atoms with Crippen LogP contribution in [0.15, 0.2) is 10.2 Å². The zero-order valence-electron chi connectivity index (χ0n) is 13.3. The van der Waals surface area contributed by atoms with Crippen molar-refractivity contribution >= 4 is 11.9 Å². The summed E-state index contributed by atoms with van der Waals surface area (Å²) in [6, 6.07) is 0. The first-order valence-corrected chi connectivity index (χ1v) is 7.22. The van der Waals surface area contributed by atoms with Crippen LogP contribution in [0.4, 0.5) is 0 Å². The minimum atomic E-state index is -1.17. The van der Waals surface area contributed by atoms with Gasteiger partial charge in [0, 0.05) is 0 Å². The molecule has 2 rings (SSSR count). The monoisotopic (exact) mass is 314 g/mol. The molecule has 2 aliphatic rings. The predicted molar refractivity (Wildman–Crippen MR) is 74.4 cm³/mol. The van der Waals surface area contributed by atoms with Crippen molar-refractivity contribution in [1.29, 1.82) is 0 Å². The SMILES string of the molecule is CC(C)(N=NC(C)(C)C(=O)OCC1CO1)C(=O)OCC1CO1. The molecular weight excluding hydrogens is 292 g/mol. The van der Waals surface area contributed by atoms with E-state index in [9.17, 15) is 9.59 Å². The van der Waals surface area contributed by atoms with Crippen LogP contribution in [0.5, 0.6) is 0 Å². The van der Waals surface area contributed by atoms with E-state index in [1.807, 2.05) is 0 Å². The van der Waals surface area contributed by atoms with Crippen LogP contribution in [0.1, 0.15) is 27.7 Å². The fraction of sp³-hybridized carbons (Fsp3) is 0.857. The maximum atomic E-state index is 11.9. The number of rotatable bonds is 8. The first kappa shape index (κ1) is 16.8. The predicted octanol–water partition coefficient (Wildman–Crippen LogP) is 0.880. The molecule has 0 radical (unpaired) electrons. The quantitative estimate of drug-likeness (QED) is 0.374. The normalized spacial score (nSPS) is 24.2. The summed E-state index contributed by atoms with van der Waals surface area (Å²) in [6.07, 6.45) is -0.0134. The van der Waals surface area contributed by atoms with E-state index in [1.54, 1.807) is 27.7 Å². The first-order chi connectivity index (χ1) is 10.2. The second-order valence-corrected chi connectivity index (χ2v) is 6.43. The molecule has 0 amide bonds. The van der Waals surface area contributed by atoms with Crippen molar-refractivity contribution in [3.8, 4) is 0 Å². The maximum Gasteiger partial charge on any atom is 0.335 e. The van der Waals surface area contributed by atoms with Gasteiger partial charge in [-0.15, -0.1) is 0 Å². The molecule has 22 heavy (non-hydrogen) atoms. The van der Waals surface area contributed by atoms with E-state index < -0.39 is 23.0 Å². The molecule has 0 aromatic rings. The molecule has 8 nitrogen and oxygen atoms in total. The van der Waals surface area contributed by atoms with E-state index >= 15 is 0 Å². The van der Waals surface area contributed by atoms with Crippen molar-refractivity contribution in [3.63, 3.8) is 0 Å². The summed E-state index contributed by atoms with van der Waals surface area (Å²) in [5, 5.41) is 7.93. The Kier molecular flexibility index (Phi) is 4.81. The van der Waals surface area contributed by atoms with E-state index in [0.717, 1.165) is 0 Å². The molecule has 0 aromatic carbocycles. The molecule has 2 unspecified atom stereocenters. The van der Waals surface area contributed by atoms with Gasteiger partial charge in [0.1, 0.15) is 25.4 Å². The highest BCUT2D eigenvalue weighted by Gasteiger charge is 2.36. The lowest BCUT2D eigenvalue weighted by Crippen LogP contribution is -2.36. The third kappa shape index (κ3) is 5.03. The van der Waals surface area contributed by atoms with Gasteiger partial charge in [-0.2, -0.15) is 10.2 Å². The molecule has 0 bridgehead atoms. The summed E-state index contributed by atoms with van der Waals surface area (Å²) >= 11 is 0. The topological polar surface area (TPSA) is 102 Å². The van der Waals surface area contributed by atoms with Crippen molar-refractivity contribution in [3.05, 3.63) is 0 Å². The summed E-state index contributed by atoms with van der Waals surface area (Å²) in [5.41, 5.74) is -2.35. The van der Waals surface area contributed by atoms with Gasteiger partial charge < -0.3 is 18.9 Å². The van der Waals surface area contributed by atoms with Gasteiger partial charge in [-0.1, -0.05) is 0 Å². The lowest BCUT2D eigenvalue weighted by Gasteiger charge is -2.20. The van der Waals surface area contributed by atoms with Crippen molar-refractivity contribution in [2.75, 3.05) is 26.4 Å². The Hall–Kier alpha value is -1.54. The summed E-state index contributed by atoms with van der Waals surface area (Å²) in [7, 11) is 0. The molecule has 0 aliphatic carbocycles. The minimum Gasteiger partial charge on any atom is -0.461 e. The second-order valence-electron chi connectivity index (χ2n) is 6.43. The van der Waals surface area contributed by atoms with Crippen LogP contribution >= 0.6 is 0 Å². The highest BCUT2D eigenvalue weighted by Crippen LogP contribution is 2.20. The van der Waals surface area contributed by atoms with Crippen LogP contribution in [-0.2, 0) is 28.5 Å². The third-order valence-corrected chi connectivity index (χ3v) is 3.15. The molecule has 2 aliphatic heterocycles. The Morgan fingerprint density at radius 2 is 1.23 bits per heavy atom. The van der Waals surface area contributed by atoms with Crippen LogP contribution in [0, 0.1) is 0 Å². The average Bonchev–Trinajstić information content (AvgIpc) is 3.34. The largest absolute Gasteiger partial charge is 0.461 e. The molecule has 124 valence electrons. The molecule has 0 saturated carbocycles. The van der Waals surface area contributed by atoms with Gasteiger partial charge in [-0.05, 0) is 27.7 Å². The standard InChI is InChI=1S/C14H22N2O6/c1-13(2,11(17)21-7-9-5-19-9)15-16-14(3,4)12(18)22-8-10-6-20-10/h9-10H,5-8H2,1-4H3. The lowest BCUT2D eigenvalue weighted by atomic mass is 10.1. The summed E-state index contributed by atoms with van der Waals surface area (Å²) in [5.74, 6) is -1.02. The van der Waals surface area contributed by atoms with Crippen LogP contribution in [-0.4, -0.2) is 61.7 Å². The third-order valence-electron chi connectivity index (χ3n) is 3.15. The van der Waals surface area contributed by atoms with Crippen LogP contribution < -0.4 is 0 Å². The summed E-state index contributed by atoms with van der Waals surface area (Å²) in [4.78, 5) is 23.9. The summed E-state index contributed by atoms with van der Waals surface area (Å²) in [6.45, 7) is 7.95. The number of nitrogens with zero attached hydrogens (tertiary/aromatic N) is 2. The van der Waals surface area contributed by atoms with Crippen molar-refractivity contribution in [2.45, 2.75) is 51.0 Å². The van der Waals surface area contributed by atoms with E-state index in [2.05, 4.69) is 10.2 Å². The molecular formula is C14H22N2O6. The van der Waals surface area contributed by atoms with Gasteiger partial charge in [0.25, 0.3) is 0 Å². The molecule has 2 heterocycles. The van der Waals surface area contributed by atoms with Gasteiger partial charge in [-0.3, -0.25) is 0 Å². The van der Waals surface area contributed by atoms with Crippen LogP contribution in [0.2, 0.25) is 0 Å². The Morgan fingerprint density at radius 3 is 1.50 bits per heavy atom. The van der Waals surface area contributed by atoms with Gasteiger partial charge in [0.05, 0.1) is 13.2 Å². The Balaban J connectivity index is 1.84. The zero-order chi connectivity index (χ0) is 16.4. The first-order valence-electron chi connectivity index (χ1n) is 7.22. The average molecular weight is 314 g/mol. The molecule has 2 fully saturated rings. The molecule has 8 heteroatoms. The molecule has 0 spiro atoms. The Labute approximate surface area is 129 Å². The summed E-state index contributed by atoms with van der Waals surface area (Å²) < 4.78 is 20.1. The van der Waals surface area contributed by atoms with Crippen LogP contribution in [0.25, 0.3) is 0 Å². The maximum absolute atomic E-state index is 11.9. The van der Waals surface area contributed by atoms with E-state index in [1.165, 1.54) is 0 Å². The number of carbonyl (C=O) groups is 2. The van der Waals surface area contributed by atoms with E-state index in [0.29, 0.717) is 13.2 Å². The lowest BCUT2D eigenvalue weighted by molar-refractivity contribution is -0.151. The zero-order valence-corrected chi connectivity index (χ0v) is 13.3. The number of azo groups is 1. The second kappa shape index (κ2) is 6.29. The molecule has 2 atom stereocenters. The van der Waals surface area contributed by atoms with Crippen molar-refractivity contribution in [1.82, 2.24) is 0 Å². The molecule has 2 saturated heterocycles. The molecule has 0 aromatic heterocycles. The Morgan fingerprint density at radius 1 is 0.909 bits per heavy atom.